The Hall–Kier alpha value is -2.40. The van der Waals surface area contributed by atoms with Gasteiger partial charge in [-0.2, -0.15) is 0 Å². The maximum atomic E-state index is 12.0. The number of nitrogens with one attached hydrogen (secondary N) is 2. The van der Waals surface area contributed by atoms with Crippen molar-refractivity contribution in [1.29, 1.82) is 0 Å². The van der Waals surface area contributed by atoms with Crippen LogP contribution in [0.2, 0.25) is 0 Å². The highest BCUT2D eigenvalue weighted by Gasteiger charge is 2.21. The molecule has 2 N–H and O–H groups in total. The van der Waals surface area contributed by atoms with Crippen LogP contribution >= 0.6 is 12.2 Å². The summed E-state index contributed by atoms with van der Waals surface area (Å²) < 4.78 is 0. The number of nitrogens with zero attached hydrogens (tertiary/aromatic N) is 1. The number of carbonyl (C=O) groups is 1. The standard InChI is InChI=1S/C22H27N3OS/c1-4-20(17-11-10-15(2)16(3)13-17)24-22(27)23-18-7-5-8-19(14-18)25-12-6-9-21(25)26/h5,7-8,10-11,13-14,20H,4,6,9,12H2,1-3H3,(H2,23,24,27)/t20-/m1/s1. The molecule has 0 aromatic heterocycles. The second-order valence-corrected chi connectivity index (χ2v) is 7.51. The summed E-state index contributed by atoms with van der Waals surface area (Å²) in [5, 5.41) is 7.27. The minimum atomic E-state index is 0.160. The van der Waals surface area contributed by atoms with Gasteiger partial charge in [0.2, 0.25) is 5.91 Å². The molecule has 4 nitrogen and oxygen atoms in total. The molecule has 1 aliphatic heterocycles. The fourth-order valence-corrected chi connectivity index (χ4v) is 3.66. The molecule has 1 fully saturated rings. The van der Waals surface area contributed by atoms with Crippen molar-refractivity contribution in [2.24, 2.45) is 0 Å². The van der Waals surface area contributed by atoms with Crippen molar-refractivity contribution in [3.8, 4) is 0 Å². The number of hydrogen-bond acceptors (Lipinski definition) is 2. The van der Waals surface area contributed by atoms with Crippen LogP contribution in [0.15, 0.2) is 42.5 Å². The summed E-state index contributed by atoms with van der Waals surface area (Å²) in [5.74, 6) is 0.189. The van der Waals surface area contributed by atoms with E-state index < -0.39 is 0 Å². The second kappa shape index (κ2) is 8.53. The van der Waals surface area contributed by atoms with Crippen LogP contribution in [0.3, 0.4) is 0 Å². The maximum absolute atomic E-state index is 12.0. The lowest BCUT2D eigenvalue weighted by Crippen LogP contribution is -2.32. The lowest BCUT2D eigenvalue weighted by molar-refractivity contribution is -0.117. The minimum Gasteiger partial charge on any atom is -0.356 e. The number of aryl methyl sites for hydroxylation is 2. The van der Waals surface area contributed by atoms with E-state index in [9.17, 15) is 4.79 Å². The molecule has 1 saturated heterocycles. The molecule has 1 heterocycles. The average molecular weight is 382 g/mol. The van der Waals surface area contributed by atoms with Crippen LogP contribution in [0.5, 0.6) is 0 Å². The van der Waals surface area contributed by atoms with E-state index in [1.165, 1.54) is 16.7 Å². The predicted molar refractivity (Wildman–Crippen MR) is 116 cm³/mol. The van der Waals surface area contributed by atoms with Crippen LogP contribution in [0.4, 0.5) is 11.4 Å². The highest BCUT2D eigenvalue weighted by molar-refractivity contribution is 7.80. The molecule has 0 unspecified atom stereocenters. The zero-order valence-electron chi connectivity index (χ0n) is 16.2. The van der Waals surface area contributed by atoms with Gasteiger partial charge in [-0.05, 0) is 73.8 Å². The first kappa shape index (κ1) is 19.4. The Morgan fingerprint density at radius 3 is 2.67 bits per heavy atom. The molecular formula is C22H27N3OS. The van der Waals surface area contributed by atoms with Gasteiger partial charge in [0.1, 0.15) is 0 Å². The van der Waals surface area contributed by atoms with E-state index in [4.69, 9.17) is 12.2 Å². The van der Waals surface area contributed by atoms with E-state index in [0.717, 1.165) is 30.8 Å². The maximum Gasteiger partial charge on any atom is 0.227 e. The van der Waals surface area contributed by atoms with Crippen LogP contribution in [0.25, 0.3) is 0 Å². The molecule has 3 rings (SSSR count). The smallest absolute Gasteiger partial charge is 0.227 e. The Labute approximate surface area is 167 Å². The topological polar surface area (TPSA) is 44.4 Å². The third-order valence-corrected chi connectivity index (χ3v) is 5.36. The van der Waals surface area contributed by atoms with Gasteiger partial charge >= 0.3 is 0 Å². The fourth-order valence-electron chi connectivity index (χ4n) is 3.40. The molecule has 0 aliphatic carbocycles. The molecule has 2 aromatic rings. The molecule has 0 bridgehead atoms. The van der Waals surface area contributed by atoms with Gasteiger partial charge in [-0.15, -0.1) is 0 Å². The van der Waals surface area contributed by atoms with Gasteiger partial charge in [0.05, 0.1) is 6.04 Å². The first-order valence-corrected chi connectivity index (χ1v) is 9.94. The molecule has 2 aromatic carbocycles. The van der Waals surface area contributed by atoms with E-state index in [-0.39, 0.29) is 11.9 Å². The van der Waals surface area contributed by atoms with Crippen molar-refractivity contribution >= 4 is 34.6 Å². The summed E-state index contributed by atoms with van der Waals surface area (Å²) >= 11 is 5.54. The van der Waals surface area contributed by atoms with Gasteiger partial charge in [-0.25, -0.2) is 0 Å². The zero-order chi connectivity index (χ0) is 19.4. The average Bonchev–Trinajstić information content (AvgIpc) is 3.08. The van der Waals surface area contributed by atoms with Gasteiger partial charge in [-0.1, -0.05) is 31.2 Å². The largest absolute Gasteiger partial charge is 0.356 e. The molecule has 1 aliphatic rings. The van der Waals surface area contributed by atoms with E-state index >= 15 is 0 Å². The van der Waals surface area contributed by atoms with Crippen LogP contribution < -0.4 is 15.5 Å². The third kappa shape index (κ3) is 4.66. The highest BCUT2D eigenvalue weighted by atomic mass is 32.1. The number of rotatable bonds is 5. The van der Waals surface area contributed by atoms with Crippen molar-refractivity contribution in [2.75, 3.05) is 16.8 Å². The van der Waals surface area contributed by atoms with Crippen molar-refractivity contribution in [3.63, 3.8) is 0 Å². The van der Waals surface area contributed by atoms with Gasteiger partial charge in [0.25, 0.3) is 0 Å². The van der Waals surface area contributed by atoms with E-state index in [2.05, 4.69) is 49.6 Å². The Bertz CT molecular complexity index is 849. The molecule has 142 valence electrons. The summed E-state index contributed by atoms with van der Waals surface area (Å²) in [7, 11) is 0. The van der Waals surface area contributed by atoms with Crippen molar-refractivity contribution in [1.82, 2.24) is 5.32 Å². The SMILES string of the molecule is CC[C@@H](NC(=S)Nc1cccc(N2CCCC2=O)c1)c1ccc(C)c(C)c1. The Morgan fingerprint density at radius 1 is 1.19 bits per heavy atom. The molecule has 0 radical (unpaired) electrons. The van der Waals surface area contributed by atoms with E-state index in [1.807, 2.05) is 29.2 Å². The van der Waals surface area contributed by atoms with Gasteiger partial charge in [0.15, 0.2) is 5.11 Å². The Morgan fingerprint density at radius 2 is 2.00 bits per heavy atom. The van der Waals surface area contributed by atoms with Crippen molar-refractivity contribution in [3.05, 3.63) is 59.2 Å². The first-order valence-electron chi connectivity index (χ1n) is 9.53. The van der Waals surface area contributed by atoms with Crippen LogP contribution in [-0.2, 0) is 4.79 Å². The number of amides is 1. The molecule has 1 atom stereocenters. The lowest BCUT2D eigenvalue weighted by atomic mass is 9.99. The second-order valence-electron chi connectivity index (χ2n) is 7.10. The summed E-state index contributed by atoms with van der Waals surface area (Å²) in [6, 6.07) is 14.6. The molecular weight excluding hydrogens is 354 g/mol. The minimum absolute atomic E-state index is 0.160. The normalized spacial score (nSPS) is 14.9. The first-order chi connectivity index (χ1) is 13.0. The molecule has 27 heavy (non-hydrogen) atoms. The third-order valence-electron chi connectivity index (χ3n) is 5.14. The van der Waals surface area contributed by atoms with Gasteiger partial charge < -0.3 is 15.5 Å². The number of hydrogen-bond donors (Lipinski definition) is 2. The molecule has 0 spiro atoms. The number of thiocarbonyl (C=S) groups is 1. The van der Waals surface area contributed by atoms with E-state index in [1.54, 1.807) is 0 Å². The van der Waals surface area contributed by atoms with Crippen LogP contribution in [-0.4, -0.2) is 17.6 Å². The molecule has 5 heteroatoms. The monoisotopic (exact) mass is 381 g/mol. The van der Waals surface area contributed by atoms with Gasteiger partial charge in [-0.3, -0.25) is 4.79 Å². The van der Waals surface area contributed by atoms with Crippen LogP contribution in [0, 0.1) is 13.8 Å². The van der Waals surface area contributed by atoms with Crippen LogP contribution in [0.1, 0.15) is 48.9 Å². The molecule has 0 saturated carbocycles. The van der Waals surface area contributed by atoms with E-state index in [0.29, 0.717) is 11.5 Å². The summed E-state index contributed by atoms with van der Waals surface area (Å²) in [4.78, 5) is 13.8. The summed E-state index contributed by atoms with van der Waals surface area (Å²) in [6.45, 7) is 7.19. The molecule has 1 amide bonds. The van der Waals surface area contributed by atoms with Crippen molar-refractivity contribution < 1.29 is 4.79 Å². The zero-order valence-corrected chi connectivity index (χ0v) is 17.0. The Balaban J connectivity index is 1.67. The number of carbonyl (C=O) groups excluding carboxylic acids is 1. The summed E-state index contributed by atoms with van der Waals surface area (Å²) in [6.07, 6.45) is 2.49. The van der Waals surface area contributed by atoms with Crippen molar-refractivity contribution in [2.45, 2.75) is 46.1 Å². The fraction of sp³-hybridized carbons (Fsp3) is 0.364. The Kier molecular flexibility index (Phi) is 6.11. The highest BCUT2D eigenvalue weighted by Crippen LogP contribution is 2.25. The quantitative estimate of drug-likeness (QED) is 0.726. The predicted octanol–water partition coefficient (Wildman–Crippen LogP) is 4.87. The summed E-state index contributed by atoms with van der Waals surface area (Å²) in [5.41, 5.74) is 5.63. The lowest BCUT2D eigenvalue weighted by Gasteiger charge is -2.22. The number of anilines is 2. The van der Waals surface area contributed by atoms with Gasteiger partial charge in [0, 0.05) is 24.3 Å². The number of benzene rings is 2.